The van der Waals surface area contributed by atoms with Crippen LogP contribution in [0.3, 0.4) is 0 Å². The summed E-state index contributed by atoms with van der Waals surface area (Å²) in [4.78, 5) is 0. The zero-order valence-corrected chi connectivity index (χ0v) is 5.72. The number of hydrogen-bond donors (Lipinski definition) is 2. The SMILES string of the molecule is C=C=CC(CCO)NC. The first-order valence-corrected chi connectivity index (χ1v) is 2.99. The van der Waals surface area contributed by atoms with Gasteiger partial charge in [0.15, 0.2) is 0 Å². The van der Waals surface area contributed by atoms with Crippen LogP contribution in [-0.4, -0.2) is 24.8 Å². The fourth-order valence-electron chi connectivity index (χ4n) is 0.592. The lowest BCUT2D eigenvalue weighted by atomic mass is 10.2. The van der Waals surface area contributed by atoms with Gasteiger partial charge >= 0.3 is 0 Å². The van der Waals surface area contributed by atoms with Crippen molar-refractivity contribution in [3.63, 3.8) is 0 Å². The summed E-state index contributed by atoms with van der Waals surface area (Å²) >= 11 is 0. The lowest BCUT2D eigenvalue weighted by Crippen LogP contribution is -2.23. The van der Waals surface area contributed by atoms with Crippen LogP contribution in [0.1, 0.15) is 6.42 Å². The lowest BCUT2D eigenvalue weighted by Gasteiger charge is -2.06. The summed E-state index contributed by atoms with van der Waals surface area (Å²) in [7, 11) is 1.84. The van der Waals surface area contributed by atoms with E-state index in [2.05, 4.69) is 17.6 Å². The minimum absolute atomic E-state index is 0.198. The largest absolute Gasteiger partial charge is 0.396 e. The van der Waals surface area contributed by atoms with Gasteiger partial charge < -0.3 is 10.4 Å². The molecule has 52 valence electrons. The van der Waals surface area contributed by atoms with Crippen molar-refractivity contribution in [1.82, 2.24) is 5.32 Å². The zero-order valence-electron chi connectivity index (χ0n) is 5.72. The van der Waals surface area contributed by atoms with Crippen LogP contribution in [0, 0.1) is 0 Å². The zero-order chi connectivity index (χ0) is 7.11. The third-order valence-electron chi connectivity index (χ3n) is 1.13. The van der Waals surface area contributed by atoms with Crippen LogP contribution >= 0.6 is 0 Å². The predicted molar refractivity (Wildman–Crippen MR) is 38.3 cm³/mol. The summed E-state index contributed by atoms with van der Waals surface area (Å²) in [5.74, 6) is 0. The highest BCUT2D eigenvalue weighted by Gasteiger charge is 1.96. The van der Waals surface area contributed by atoms with E-state index in [1.54, 1.807) is 6.08 Å². The van der Waals surface area contributed by atoms with E-state index in [4.69, 9.17) is 5.11 Å². The van der Waals surface area contributed by atoms with Gasteiger partial charge in [-0.2, -0.15) is 0 Å². The minimum Gasteiger partial charge on any atom is -0.396 e. The minimum atomic E-state index is 0.198. The Morgan fingerprint density at radius 2 is 2.56 bits per heavy atom. The summed E-state index contributed by atoms with van der Waals surface area (Å²) in [5, 5.41) is 11.5. The second-order valence-electron chi connectivity index (χ2n) is 1.78. The molecule has 0 aliphatic heterocycles. The van der Waals surface area contributed by atoms with Crippen molar-refractivity contribution < 1.29 is 5.11 Å². The second kappa shape index (κ2) is 5.57. The molecular weight excluding hydrogens is 114 g/mol. The van der Waals surface area contributed by atoms with Crippen LogP contribution in [0.4, 0.5) is 0 Å². The number of aliphatic hydroxyl groups excluding tert-OH is 1. The van der Waals surface area contributed by atoms with Gasteiger partial charge in [0.2, 0.25) is 0 Å². The van der Waals surface area contributed by atoms with E-state index in [-0.39, 0.29) is 12.6 Å². The molecule has 2 N–H and O–H groups in total. The van der Waals surface area contributed by atoms with E-state index in [9.17, 15) is 0 Å². The average Bonchev–Trinajstić information content (AvgIpc) is 1.88. The van der Waals surface area contributed by atoms with Crippen molar-refractivity contribution in [2.45, 2.75) is 12.5 Å². The number of hydrogen-bond acceptors (Lipinski definition) is 2. The molecule has 0 fully saturated rings. The summed E-state index contributed by atoms with van der Waals surface area (Å²) in [6.07, 6.45) is 2.52. The molecule has 9 heavy (non-hydrogen) atoms. The molecule has 2 heteroatoms. The average molecular weight is 127 g/mol. The van der Waals surface area contributed by atoms with Crippen molar-refractivity contribution in [3.8, 4) is 0 Å². The Balaban J connectivity index is 3.53. The number of nitrogens with one attached hydrogen (secondary N) is 1. The van der Waals surface area contributed by atoms with Crippen molar-refractivity contribution in [2.75, 3.05) is 13.7 Å². The molecule has 0 rings (SSSR count). The van der Waals surface area contributed by atoms with Gasteiger partial charge in [0.25, 0.3) is 0 Å². The van der Waals surface area contributed by atoms with Gasteiger partial charge in [0.1, 0.15) is 0 Å². The van der Waals surface area contributed by atoms with Gasteiger partial charge in [0, 0.05) is 12.6 Å². The topological polar surface area (TPSA) is 32.3 Å². The summed E-state index contributed by atoms with van der Waals surface area (Å²) < 4.78 is 0. The number of aliphatic hydroxyl groups is 1. The fourth-order valence-corrected chi connectivity index (χ4v) is 0.592. The van der Waals surface area contributed by atoms with E-state index >= 15 is 0 Å². The molecule has 0 aliphatic carbocycles. The maximum atomic E-state index is 8.49. The molecule has 1 atom stereocenters. The highest BCUT2D eigenvalue weighted by Crippen LogP contribution is 1.89. The van der Waals surface area contributed by atoms with E-state index in [1.165, 1.54) is 0 Å². The first-order valence-electron chi connectivity index (χ1n) is 2.99. The number of likely N-dealkylation sites (N-methyl/N-ethyl adjacent to an activating group) is 1. The second-order valence-corrected chi connectivity index (χ2v) is 1.78. The molecule has 0 spiro atoms. The van der Waals surface area contributed by atoms with Crippen LogP contribution in [0.25, 0.3) is 0 Å². The standard InChI is InChI=1S/C7H13NO/c1-3-4-7(8-2)5-6-9/h4,7-9H,1,5-6H2,2H3. The van der Waals surface area contributed by atoms with Gasteiger partial charge in [0.05, 0.1) is 0 Å². The lowest BCUT2D eigenvalue weighted by molar-refractivity contribution is 0.277. The van der Waals surface area contributed by atoms with Crippen LogP contribution in [0.15, 0.2) is 18.4 Å². The molecule has 2 nitrogen and oxygen atoms in total. The molecule has 1 unspecified atom stereocenters. The van der Waals surface area contributed by atoms with Crippen molar-refractivity contribution in [2.24, 2.45) is 0 Å². The first kappa shape index (κ1) is 8.44. The molecule has 0 aromatic carbocycles. The smallest absolute Gasteiger partial charge is 0.0449 e. The Labute approximate surface area is 55.9 Å². The van der Waals surface area contributed by atoms with Gasteiger partial charge in [-0.1, -0.05) is 6.58 Å². The Hall–Kier alpha value is -0.560. The Morgan fingerprint density at radius 1 is 1.89 bits per heavy atom. The van der Waals surface area contributed by atoms with Gasteiger partial charge in [-0.25, -0.2) is 0 Å². The van der Waals surface area contributed by atoms with Crippen LogP contribution in [-0.2, 0) is 0 Å². The summed E-state index contributed by atoms with van der Waals surface area (Å²) in [5.41, 5.74) is 2.65. The normalized spacial score (nSPS) is 12.2. The fraction of sp³-hybridized carbons (Fsp3) is 0.571. The maximum absolute atomic E-state index is 8.49. The van der Waals surface area contributed by atoms with E-state index in [0.29, 0.717) is 0 Å². The third kappa shape index (κ3) is 3.98. The molecule has 0 saturated carbocycles. The molecule has 0 radical (unpaired) electrons. The van der Waals surface area contributed by atoms with E-state index < -0.39 is 0 Å². The Morgan fingerprint density at radius 3 is 2.89 bits per heavy atom. The third-order valence-corrected chi connectivity index (χ3v) is 1.13. The molecule has 0 heterocycles. The van der Waals surface area contributed by atoms with Crippen LogP contribution in [0.2, 0.25) is 0 Å². The molecular formula is C7H13NO. The van der Waals surface area contributed by atoms with E-state index in [1.807, 2.05) is 7.05 Å². The van der Waals surface area contributed by atoms with Gasteiger partial charge in [-0.3, -0.25) is 0 Å². The van der Waals surface area contributed by atoms with Crippen molar-refractivity contribution in [1.29, 1.82) is 0 Å². The molecule has 0 saturated heterocycles. The summed E-state index contributed by atoms with van der Waals surface area (Å²) in [6, 6.07) is 0.215. The molecule has 0 aromatic heterocycles. The quantitative estimate of drug-likeness (QED) is 0.532. The predicted octanol–water partition coefficient (Wildman–Crippen LogP) is 0.298. The Bertz CT molecular complexity index is 105. The van der Waals surface area contributed by atoms with Gasteiger partial charge in [-0.15, -0.1) is 5.73 Å². The Kier molecular flexibility index (Phi) is 5.23. The number of rotatable bonds is 4. The molecule has 0 amide bonds. The summed E-state index contributed by atoms with van der Waals surface area (Å²) in [6.45, 7) is 3.63. The van der Waals surface area contributed by atoms with E-state index in [0.717, 1.165) is 6.42 Å². The maximum Gasteiger partial charge on any atom is 0.0449 e. The monoisotopic (exact) mass is 127 g/mol. The van der Waals surface area contributed by atoms with Crippen LogP contribution < -0.4 is 5.32 Å². The highest BCUT2D eigenvalue weighted by atomic mass is 16.3. The molecule has 0 bridgehead atoms. The highest BCUT2D eigenvalue weighted by molar-refractivity contribution is 4.88. The van der Waals surface area contributed by atoms with Crippen LogP contribution in [0.5, 0.6) is 0 Å². The van der Waals surface area contributed by atoms with Gasteiger partial charge in [-0.05, 0) is 19.5 Å². The molecule has 0 aliphatic rings. The van der Waals surface area contributed by atoms with Crippen molar-refractivity contribution in [3.05, 3.63) is 18.4 Å². The first-order chi connectivity index (χ1) is 4.35. The van der Waals surface area contributed by atoms with Crippen molar-refractivity contribution >= 4 is 0 Å². The molecule has 0 aromatic rings.